The van der Waals surface area contributed by atoms with E-state index in [2.05, 4.69) is 0 Å². The van der Waals surface area contributed by atoms with Crippen LogP contribution in [0.1, 0.15) is 45.4 Å². The summed E-state index contributed by atoms with van der Waals surface area (Å²) in [6.45, 7) is 3.34. The van der Waals surface area contributed by atoms with Crippen molar-refractivity contribution in [2.75, 3.05) is 27.4 Å². The monoisotopic (exact) mass is 350 g/mol. The molecule has 2 saturated carbocycles. The molecule has 25 heavy (non-hydrogen) atoms. The zero-order chi connectivity index (χ0) is 17.9. The predicted octanol–water partition coefficient (Wildman–Crippen LogP) is 2.36. The molecule has 0 amide bonds. The van der Waals surface area contributed by atoms with Gasteiger partial charge in [0, 0.05) is 12.3 Å². The van der Waals surface area contributed by atoms with Crippen LogP contribution >= 0.6 is 0 Å². The van der Waals surface area contributed by atoms with Crippen LogP contribution in [0.4, 0.5) is 0 Å². The Morgan fingerprint density at radius 3 is 2.28 bits per heavy atom. The van der Waals surface area contributed by atoms with E-state index in [4.69, 9.17) is 18.9 Å². The topological polar surface area (TPSA) is 71.1 Å². The maximum atomic E-state index is 12.5. The number of esters is 2. The van der Waals surface area contributed by atoms with Crippen LogP contribution < -0.4 is 0 Å². The molecule has 2 atom stereocenters. The second kappa shape index (κ2) is 5.55. The molecular weight excluding hydrogens is 324 g/mol. The summed E-state index contributed by atoms with van der Waals surface area (Å²) in [4.78, 5) is 25.0. The van der Waals surface area contributed by atoms with Gasteiger partial charge in [-0.05, 0) is 44.4 Å². The molecular formula is C19H26O6. The molecule has 4 aliphatic rings. The van der Waals surface area contributed by atoms with Gasteiger partial charge < -0.3 is 18.9 Å². The third-order valence-electron chi connectivity index (χ3n) is 6.84. The average Bonchev–Trinajstić information content (AvgIpc) is 3.02. The van der Waals surface area contributed by atoms with Gasteiger partial charge >= 0.3 is 11.9 Å². The van der Waals surface area contributed by atoms with Crippen molar-refractivity contribution in [1.82, 2.24) is 0 Å². The van der Waals surface area contributed by atoms with Crippen LogP contribution in [0.5, 0.6) is 0 Å². The maximum Gasteiger partial charge on any atom is 0.323 e. The zero-order valence-electron chi connectivity index (χ0n) is 15.2. The number of carbonyl (C=O) groups excluding carboxylic acids is 2. The van der Waals surface area contributed by atoms with Crippen LogP contribution in [-0.2, 0) is 28.5 Å². The fourth-order valence-electron chi connectivity index (χ4n) is 5.72. The lowest BCUT2D eigenvalue weighted by Gasteiger charge is -2.37. The lowest BCUT2D eigenvalue weighted by atomic mass is 9.75. The number of methoxy groups -OCH3 is 2. The molecule has 0 aromatic carbocycles. The Hall–Kier alpha value is -1.40. The van der Waals surface area contributed by atoms with Crippen LogP contribution in [0.25, 0.3) is 0 Å². The third kappa shape index (κ3) is 2.16. The second-order valence-corrected chi connectivity index (χ2v) is 7.95. The molecule has 0 aromatic rings. The Morgan fingerprint density at radius 2 is 1.68 bits per heavy atom. The molecule has 6 nitrogen and oxygen atoms in total. The summed E-state index contributed by atoms with van der Waals surface area (Å²) in [5.74, 6) is -1.12. The number of fused-ring (bicyclic) bond motifs is 2. The van der Waals surface area contributed by atoms with Crippen LogP contribution in [0.3, 0.4) is 0 Å². The standard InChI is InChI=1S/C19H26O6/c1-12-9-18(15(20)22-2,16(21)23-3)10-13(12)17-5-4-6-19(14(17)11-17)24-7-8-25-19/h14H,4-11H2,1-3H3. The molecule has 0 N–H and O–H groups in total. The Labute approximate surface area is 147 Å². The quantitative estimate of drug-likeness (QED) is 0.442. The zero-order valence-corrected chi connectivity index (χ0v) is 15.2. The summed E-state index contributed by atoms with van der Waals surface area (Å²) in [5.41, 5.74) is 1.13. The van der Waals surface area contributed by atoms with Gasteiger partial charge in [0.25, 0.3) is 0 Å². The van der Waals surface area contributed by atoms with Crippen LogP contribution in [0.2, 0.25) is 0 Å². The van der Waals surface area contributed by atoms with Gasteiger partial charge in [-0.15, -0.1) is 0 Å². The molecule has 0 bridgehead atoms. The molecule has 0 aromatic heterocycles. The smallest absolute Gasteiger partial charge is 0.323 e. The first-order valence-electron chi connectivity index (χ1n) is 9.08. The van der Waals surface area contributed by atoms with Gasteiger partial charge in [-0.1, -0.05) is 11.1 Å². The van der Waals surface area contributed by atoms with Crippen molar-refractivity contribution >= 4 is 11.9 Å². The van der Waals surface area contributed by atoms with E-state index in [0.717, 1.165) is 31.3 Å². The summed E-state index contributed by atoms with van der Waals surface area (Å²) >= 11 is 0. The number of hydrogen-bond donors (Lipinski definition) is 0. The first-order valence-corrected chi connectivity index (χ1v) is 9.08. The average molecular weight is 350 g/mol. The van der Waals surface area contributed by atoms with Crippen molar-refractivity contribution in [2.24, 2.45) is 16.7 Å². The van der Waals surface area contributed by atoms with Crippen LogP contribution in [0.15, 0.2) is 11.1 Å². The van der Waals surface area contributed by atoms with E-state index in [1.54, 1.807) is 0 Å². The molecule has 2 unspecified atom stereocenters. The van der Waals surface area contributed by atoms with Crippen molar-refractivity contribution < 1.29 is 28.5 Å². The van der Waals surface area contributed by atoms with Gasteiger partial charge in [0.1, 0.15) is 0 Å². The summed E-state index contributed by atoms with van der Waals surface area (Å²) in [6, 6.07) is 0. The first-order chi connectivity index (χ1) is 11.9. The van der Waals surface area contributed by atoms with Gasteiger partial charge in [-0.3, -0.25) is 9.59 Å². The molecule has 6 heteroatoms. The molecule has 4 rings (SSSR count). The minimum atomic E-state index is -1.23. The maximum absolute atomic E-state index is 12.5. The first kappa shape index (κ1) is 17.0. The van der Waals surface area contributed by atoms with E-state index in [9.17, 15) is 9.59 Å². The lowest BCUT2D eigenvalue weighted by molar-refractivity contribution is -0.193. The number of ether oxygens (including phenoxy) is 4. The largest absolute Gasteiger partial charge is 0.468 e. The Balaban J connectivity index is 1.65. The normalized spacial score (nSPS) is 34.8. The van der Waals surface area contributed by atoms with Gasteiger partial charge in [0.15, 0.2) is 11.2 Å². The highest BCUT2D eigenvalue weighted by atomic mass is 16.7. The third-order valence-corrected chi connectivity index (χ3v) is 6.84. The minimum absolute atomic E-state index is 0.0104. The van der Waals surface area contributed by atoms with Gasteiger partial charge in [-0.25, -0.2) is 0 Å². The number of hydrogen-bond acceptors (Lipinski definition) is 6. The van der Waals surface area contributed by atoms with Crippen LogP contribution in [-0.4, -0.2) is 45.2 Å². The van der Waals surface area contributed by atoms with E-state index in [-0.39, 0.29) is 5.41 Å². The fraction of sp³-hybridized carbons (Fsp3) is 0.789. The number of carbonyl (C=O) groups is 2. The van der Waals surface area contributed by atoms with Crippen molar-refractivity contribution in [3.63, 3.8) is 0 Å². The van der Waals surface area contributed by atoms with Gasteiger partial charge in [-0.2, -0.15) is 0 Å². The van der Waals surface area contributed by atoms with E-state index in [1.807, 2.05) is 6.92 Å². The fourth-order valence-corrected chi connectivity index (χ4v) is 5.72. The molecule has 1 heterocycles. The minimum Gasteiger partial charge on any atom is -0.468 e. The van der Waals surface area contributed by atoms with E-state index in [0.29, 0.717) is 32.0 Å². The molecule has 3 fully saturated rings. The Kier molecular flexibility index (Phi) is 3.78. The Morgan fingerprint density at radius 1 is 1.04 bits per heavy atom. The van der Waals surface area contributed by atoms with Gasteiger partial charge in [0.05, 0.1) is 27.4 Å². The molecule has 1 saturated heterocycles. The van der Waals surface area contributed by atoms with Crippen molar-refractivity contribution in [2.45, 2.75) is 51.2 Å². The van der Waals surface area contributed by atoms with Crippen molar-refractivity contribution in [3.8, 4) is 0 Å². The SMILES string of the molecule is COC(=O)C1(C(=O)OC)CC(C)=C(C23CCCC4(OCCO4)C2C3)C1. The second-order valence-electron chi connectivity index (χ2n) is 7.95. The molecule has 3 aliphatic carbocycles. The summed E-state index contributed by atoms with van der Waals surface area (Å²) in [7, 11) is 2.66. The highest BCUT2D eigenvalue weighted by molar-refractivity contribution is 6.01. The number of rotatable bonds is 3. The van der Waals surface area contributed by atoms with Gasteiger partial charge in [0.2, 0.25) is 0 Å². The number of allylic oxidation sites excluding steroid dienone is 2. The Bertz CT molecular complexity index is 628. The summed E-state index contributed by atoms with van der Waals surface area (Å²) < 4.78 is 22.0. The highest BCUT2D eigenvalue weighted by Crippen LogP contribution is 2.73. The lowest BCUT2D eigenvalue weighted by Crippen LogP contribution is -2.41. The molecule has 0 radical (unpaired) electrons. The van der Waals surface area contributed by atoms with E-state index >= 15 is 0 Å². The summed E-state index contributed by atoms with van der Waals surface area (Å²) in [6.07, 6.45) is 4.83. The molecule has 138 valence electrons. The molecule has 1 spiro atoms. The predicted molar refractivity (Wildman–Crippen MR) is 87.4 cm³/mol. The van der Waals surface area contributed by atoms with E-state index < -0.39 is 23.1 Å². The summed E-state index contributed by atoms with van der Waals surface area (Å²) in [5, 5.41) is 0. The van der Waals surface area contributed by atoms with Crippen molar-refractivity contribution in [1.29, 1.82) is 0 Å². The van der Waals surface area contributed by atoms with Crippen molar-refractivity contribution in [3.05, 3.63) is 11.1 Å². The van der Waals surface area contributed by atoms with Crippen LogP contribution in [0, 0.1) is 16.7 Å². The van der Waals surface area contributed by atoms with E-state index in [1.165, 1.54) is 19.8 Å². The molecule has 1 aliphatic heterocycles. The highest BCUT2D eigenvalue weighted by Gasteiger charge is 2.71.